The van der Waals surface area contributed by atoms with Crippen LogP contribution in [0.4, 0.5) is 0 Å². The third kappa shape index (κ3) is 3.23. The summed E-state index contributed by atoms with van der Waals surface area (Å²) < 4.78 is 0. The summed E-state index contributed by atoms with van der Waals surface area (Å²) in [7, 11) is -1.84. The van der Waals surface area contributed by atoms with Gasteiger partial charge in [-0.15, -0.1) is 0 Å². The Morgan fingerprint density at radius 2 is 1.30 bits per heavy atom. The Hall–Kier alpha value is -1.65. The Balaban J connectivity index is 2.43. The molecular weight excluding hydrogens is 343 g/mol. The van der Waals surface area contributed by atoms with Gasteiger partial charge in [-0.25, -0.2) is 0 Å². The largest absolute Gasteiger partial charge is 0.117 e. The molecule has 3 rings (SSSR count). The number of hydrogen-bond acceptors (Lipinski definition) is 0. The van der Waals surface area contributed by atoms with E-state index in [1.54, 1.807) is 5.31 Å². The number of rotatable bonds is 6. The molecule has 0 saturated carbocycles. The van der Waals surface area contributed by atoms with Crippen LogP contribution in [0.1, 0.15) is 53.9 Å². The van der Waals surface area contributed by atoms with Crippen LogP contribution < -0.4 is 10.6 Å². The van der Waals surface area contributed by atoms with Crippen LogP contribution in [-0.4, -0.2) is 5.16 Å². The van der Waals surface area contributed by atoms with Crippen molar-refractivity contribution in [1.82, 2.24) is 0 Å². The lowest BCUT2D eigenvalue weighted by Gasteiger charge is -2.49. The fourth-order valence-corrected chi connectivity index (χ4v) is 10.3. The van der Waals surface area contributed by atoms with Gasteiger partial charge in [-0.1, -0.05) is 63.2 Å². The van der Waals surface area contributed by atoms with Crippen molar-refractivity contribution in [2.45, 2.75) is 59.0 Å². The van der Waals surface area contributed by atoms with Gasteiger partial charge in [0.05, 0.1) is 5.16 Å². The summed E-state index contributed by atoms with van der Waals surface area (Å²) in [6, 6.07) is 22.7. The van der Waals surface area contributed by atoms with Crippen LogP contribution in [0.5, 0.6) is 0 Å². The Morgan fingerprint density at radius 1 is 0.778 bits per heavy atom. The monoisotopic (exact) mass is 377 g/mol. The van der Waals surface area contributed by atoms with E-state index in [9.17, 15) is 0 Å². The number of benzene rings is 2. The average molecular weight is 378 g/mol. The molecule has 2 aromatic rings. The fourth-order valence-electron chi connectivity index (χ4n) is 4.45. The van der Waals surface area contributed by atoms with Crippen molar-refractivity contribution >= 4 is 17.9 Å². The molecule has 0 unspecified atom stereocenters. The molecule has 2 aromatic carbocycles. The first-order valence-corrected chi connectivity index (χ1v) is 12.0. The van der Waals surface area contributed by atoms with Crippen molar-refractivity contribution in [1.29, 1.82) is 0 Å². The van der Waals surface area contributed by atoms with Crippen LogP contribution in [0, 0.1) is 5.41 Å². The van der Waals surface area contributed by atoms with Gasteiger partial charge in [-0.05, 0) is 69.5 Å². The van der Waals surface area contributed by atoms with E-state index in [1.165, 1.54) is 17.0 Å². The second-order valence-electron chi connectivity index (χ2n) is 8.75. The van der Waals surface area contributed by atoms with E-state index in [-0.39, 0.29) is 10.6 Å². The molecular formula is C26H34P+. The predicted octanol–water partition coefficient (Wildman–Crippen LogP) is 7.10. The molecule has 0 fully saturated rings. The van der Waals surface area contributed by atoms with E-state index in [2.05, 4.69) is 114 Å². The van der Waals surface area contributed by atoms with Gasteiger partial charge >= 0.3 is 0 Å². The summed E-state index contributed by atoms with van der Waals surface area (Å²) in [4.78, 5) is 0. The maximum Gasteiger partial charge on any atom is 0.117 e. The minimum Gasteiger partial charge on any atom is -0.0803 e. The smallest absolute Gasteiger partial charge is 0.0803 e. The van der Waals surface area contributed by atoms with E-state index in [0.717, 1.165) is 12.8 Å². The molecule has 0 radical (unpaired) electrons. The average Bonchev–Trinajstić information content (AvgIpc) is 2.71. The summed E-state index contributed by atoms with van der Waals surface area (Å²) in [6.07, 6.45) is 10.8. The predicted molar refractivity (Wildman–Crippen MR) is 124 cm³/mol. The Kier molecular flexibility index (Phi) is 5.78. The number of allylic oxidation sites excluding steroid dienone is 4. The Morgan fingerprint density at radius 3 is 1.70 bits per heavy atom. The maximum absolute atomic E-state index is 2.53. The zero-order chi connectivity index (χ0) is 19.5. The highest BCUT2D eigenvalue weighted by molar-refractivity contribution is 7.94. The van der Waals surface area contributed by atoms with Gasteiger partial charge in [0.1, 0.15) is 23.2 Å². The van der Waals surface area contributed by atoms with Gasteiger partial charge in [0.2, 0.25) is 0 Å². The van der Waals surface area contributed by atoms with Crippen molar-refractivity contribution in [3.05, 3.63) is 84.2 Å². The summed E-state index contributed by atoms with van der Waals surface area (Å²) in [5.41, 5.74) is 0.207. The highest BCUT2D eigenvalue weighted by Crippen LogP contribution is 2.77. The minimum absolute atomic E-state index is 0.116. The van der Waals surface area contributed by atoms with E-state index >= 15 is 0 Å². The van der Waals surface area contributed by atoms with Gasteiger partial charge in [-0.2, -0.15) is 0 Å². The zero-order valence-electron chi connectivity index (χ0n) is 17.6. The molecule has 27 heavy (non-hydrogen) atoms. The maximum atomic E-state index is 2.53. The molecule has 0 N–H and O–H groups in total. The minimum atomic E-state index is -1.84. The van der Waals surface area contributed by atoms with E-state index < -0.39 is 7.26 Å². The normalized spacial score (nSPS) is 15.5. The van der Waals surface area contributed by atoms with Crippen LogP contribution in [0.2, 0.25) is 0 Å². The molecule has 0 saturated heterocycles. The highest BCUT2D eigenvalue weighted by Gasteiger charge is 2.63. The molecule has 0 nitrogen and oxygen atoms in total. The molecule has 0 atom stereocenters. The molecule has 0 bridgehead atoms. The summed E-state index contributed by atoms with van der Waals surface area (Å²) >= 11 is 0. The van der Waals surface area contributed by atoms with Crippen molar-refractivity contribution in [3.63, 3.8) is 0 Å². The van der Waals surface area contributed by atoms with Gasteiger partial charge in [0.25, 0.3) is 0 Å². The molecule has 1 aliphatic rings. The van der Waals surface area contributed by atoms with E-state index in [0.29, 0.717) is 0 Å². The van der Waals surface area contributed by atoms with Crippen LogP contribution in [0.25, 0.3) is 0 Å². The van der Waals surface area contributed by atoms with E-state index in [1.807, 2.05) is 0 Å². The quantitative estimate of drug-likeness (QED) is 0.471. The molecule has 0 spiro atoms. The van der Waals surface area contributed by atoms with Gasteiger partial charge in [-0.3, -0.25) is 0 Å². The lowest BCUT2D eigenvalue weighted by Crippen LogP contribution is -2.48. The molecule has 0 aliphatic heterocycles. The second kappa shape index (κ2) is 7.76. The van der Waals surface area contributed by atoms with Gasteiger partial charge in [0.15, 0.2) is 0 Å². The summed E-state index contributed by atoms with van der Waals surface area (Å²) in [5, 5.41) is 4.67. The van der Waals surface area contributed by atoms with Crippen molar-refractivity contribution in [3.8, 4) is 0 Å². The van der Waals surface area contributed by atoms with E-state index in [4.69, 9.17) is 0 Å². The first kappa shape index (κ1) is 20.1. The fraction of sp³-hybridized carbons (Fsp3) is 0.385. The summed E-state index contributed by atoms with van der Waals surface area (Å²) in [5.74, 6) is 0. The van der Waals surface area contributed by atoms with Crippen LogP contribution in [-0.2, 0) is 0 Å². The molecule has 142 valence electrons. The van der Waals surface area contributed by atoms with Crippen LogP contribution in [0.3, 0.4) is 0 Å². The van der Waals surface area contributed by atoms with Crippen molar-refractivity contribution in [2.75, 3.05) is 0 Å². The summed E-state index contributed by atoms with van der Waals surface area (Å²) in [6.45, 7) is 12.3. The first-order valence-electron chi connectivity index (χ1n) is 10.3. The van der Waals surface area contributed by atoms with Gasteiger partial charge < -0.3 is 0 Å². The molecule has 0 heterocycles. The number of hydrogen-bond donors (Lipinski definition) is 0. The van der Waals surface area contributed by atoms with Crippen LogP contribution in [0.15, 0.2) is 84.2 Å². The van der Waals surface area contributed by atoms with Crippen LogP contribution >= 0.6 is 7.26 Å². The first-order chi connectivity index (χ1) is 12.9. The third-order valence-corrected chi connectivity index (χ3v) is 12.6. The molecule has 0 amide bonds. The zero-order valence-corrected chi connectivity index (χ0v) is 18.5. The van der Waals surface area contributed by atoms with Crippen molar-refractivity contribution in [2.24, 2.45) is 5.41 Å². The lowest BCUT2D eigenvalue weighted by molar-refractivity contribution is 0.266. The van der Waals surface area contributed by atoms with Crippen molar-refractivity contribution < 1.29 is 0 Å². The van der Waals surface area contributed by atoms with Gasteiger partial charge in [0, 0.05) is 5.41 Å². The Labute approximate surface area is 166 Å². The molecule has 1 aliphatic carbocycles. The standard InChI is InChI=1S/C26H34P/c1-6-25(2,3)26(4,5)27(22-16-10-7-11-17-22,23-18-12-8-13-19-23)24-20-14-9-15-21-24/h7-8,10-14,16-21H,6,9,15H2,1-5H3/q+1. The molecule has 0 aromatic heterocycles. The topological polar surface area (TPSA) is 0 Å². The lowest BCUT2D eigenvalue weighted by atomic mass is 9.78. The second-order valence-corrected chi connectivity index (χ2v) is 12.8. The highest BCUT2D eigenvalue weighted by atomic mass is 31.2. The Bertz CT molecular complexity index is 770. The third-order valence-electron chi connectivity index (χ3n) is 7.03. The molecule has 1 heteroatoms. The SMILES string of the molecule is CCC(C)(C)C(C)(C)[P+](C1=CCCC=C1)(c1ccccc1)c1ccccc1.